The van der Waals surface area contributed by atoms with E-state index < -0.39 is 10.8 Å². The zero-order valence-corrected chi connectivity index (χ0v) is 31.3. The van der Waals surface area contributed by atoms with Gasteiger partial charge in [-0.15, -0.1) is 0 Å². The first-order valence-electron chi connectivity index (χ1n) is 17.4. The van der Waals surface area contributed by atoms with Crippen LogP contribution in [0, 0.1) is 46.3 Å². The number of hydrogen-bond acceptors (Lipinski definition) is 2. The Bertz CT molecular complexity index is 2080. The first-order valence-corrected chi connectivity index (χ1v) is 17.4. The Morgan fingerprint density at radius 2 is 0.615 bits per heavy atom. The molecule has 1 aliphatic rings. The molecule has 0 amide bonds. The number of nitriles is 2. The Balaban J connectivity index is 0.000000817. The van der Waals surface area contributed by atoms with Gasteiger partial charge in [-0.3, -0.25) is 0 Å². The van der Waals surface area contributed by atoms with Crippen molar-refractivity contribution in [3.05, 3.63) is 166 Å². The second-order valence-electron chi connectivity index (χ2n) is 14.3. The first-order chi connectivity index (χ1) is 24.8. The zero-order valence-electron chi connectivity index (χ0n) is 31.3. The third kappa shape index (κ3) is 7.12. The molecule has 0 radical (unpaired) electrons. The number of nitrogens with zero attached hydrogens (tertiary/aromatic N) is 2. The maximum Gasteiger partial charge on any atom is 0.108 e. The van der Waals surface area contributed by atoms with Gasteiger partial charge in [-0.05, 0) is 114 Å². The fourth-order valence-corrected chi connectivity index (χ4v) is 6.49. The quantitative estimate of drug-likeness (QED) is 0.120. The van der Waals surface area contributed by atoms with E-state index in [1.165, 1.54) is 13.8 Å². The largest absolute Gasteiger partial charge is 0.360 e. The molecule has 0 spiro atoms. The van der Waals surface area contributed by atoms with E-state index >= 15 is 0 Å². The summed E-state index contributed by atoms with van der Waals surface area (Å²) in [6, 6.07) is 41.5. The van der Waals surface area contributed by atoms with Crippen LogP contribution in [0.5, 0.6) is 0 Å². The molecule has 2 aromatic carbocycles. The van der Waals surface area contributed by atoms with Gasteiger partial charge in [-0.1, -0.05) is 60.1 Å². The molecule has 4 aromatic heterocycles. The Hall–Kier alpha value is -6.34. The van der Waals surface area contributed by atoms with Crippen molar-refractivity contribution in [3.8, 4) is 35.8 Å². The number of rotatable bonds is 0. The van der Waals surface area contributed by atoms with Gasteiger partial charge >= 0.3 is 0 Å². The average Bonchev–Trinajstić information content (AvgIpc) is 3.98. The molecular formula is C46H46N6. The molecule has 0 saturated heterocycles. The monoisotopic (exact) mass is 682 g/mol. The van der Waals surface area contributed by atoms with E-state index in [4.69, 9.17) is 10.5 Å². The topological polar surface area (TPSA) is 111 Å². The van der Waals surface area contributed by atoms with Crippen LogP contribution in [0.25, 0.3) is 0 Å². The predicted octanol–water partition coefficient (Wildman–Crippen LogP) is 9.74. The number of benzene rings is 2. The fourth-order valence-electron chi connectivity index (χ4n) is 6.49. The molecule has 0 unspecified atom stereocenters. The first kappa shape index (κ1) is 36.9. The Morgan fingerprint density at radius 1 is 0.385 bits per heavy atom. The summed E-state index contributed by atoms with van der Waals surface area (Å²) in [5.41, 5.74) is 8.74. The number of hydrogen-bond donors (Lipinski definition) is 4. The van der Waals surface area contributed by atoms with Crippen LogP contribution in [0.3, 0.4) is 0 Å². The van der Waals surface area contributed by atoms with E-state index in [0.717, 1.165) is 56.7 Å². The second kappa shape index (κ2) is 14.9. The van der Waals surface area contributed by atoms with E-state index in [1.54, 1.807) is 12.1 Å². The molecule has 1 aliphatic heterocycles. The van der Waals surface area contributed by atoms with Crippen molar-refractivity contribution in [1.29, 1.82) is 10.5 Å². The van der Waals surface area contributed by atoms with Crippen LogP contribution in [-0.4, -0.2) is 19.9 Å². The summed E-state index contributed by atoms with van der Waals surface area (Å²) in [6.07, 6.45) is 0. The fraction of sp³-hybridized carbons (Fsp3) is 0.261. The van der Waals surface area contributed by atoms with Gasteiger partial charge in [0.15, 0.2) is 0 Å². The van der Waals surface area contributed by atoms with Crippen LogP contribution in [0.4, 0.5) is 0 Å². The predicted molar refractivity (Wildman–Crippen MR) is 210 cm³/mol. The number of aromatic amines is 4. The SMILES string of the molecule is CC#N.CC#N.CC1(C)c2ccc([nH]2)C(C)(C#Cc2ccccc2)c2ccc([nH]2)C(C)(C)c2ccc([nH]2)C(C)(C#Cc2ccccc2)c2ccc1[nH]2. The minimum atomic E-state index is -0.608. The van der Waals surface area contributed by atoms with Crippen molar-refractivity contribution in [3.63, 3.8) is 0 Å². The molecule has 0 saturated carbocycles. The van der Waals surface area contributed by atoms with Crippen LogP contribution in [-0.2, 0) is 21.7 Å². The van der Waals surface area contributed by atoms with Gasteiger partial charge in [-0.25, -0.2) is 0 Å². The van der Waals surface area contributed by atoms with E-state index in [0.29, 0.717) is 0 Å². The molecule has 0 fully saturated rings. The Labute approximate surface area is 308 Å². The van der Waals surface area contributed by atoms with Gasteiger partial charge in [0.2, 0.25) is 0 Å². The maximum atomic E-state index is 7.32. The van der Waals surface area contributed by atoms with Crippen molar-refractivity contribution in [2.75, 3.05) is 0 Å². The lowest BCUT2D eigenvalue weighted by Gasteiger charge is -2.28. The summed E-state index contributed by atoms with van der Waals surface area (Å²) in [5, 5.41) is 14.6. The van der Waals surface area contributed by atoms with Crippen LogP contribution in [0.2, 0.25) is 0 Å². The highest BCUT2D eigenvalue weighted by Gasteiger charge is 2.38. The van der Waals surface area contributed by atoms with Crippen LogP contribution < -0.4 is 0 Å². The van der Waals surface area contributed by atoms with Crippen molar-refractivity contribution < 1.29 is 0 Å². The minimum absolute atomic E-state index is 0.334. The normalized spacial score (nSPS) is 18.9. The Kier molecular flexibility index (Phi) is 10.6. The van der Waals surface area contributed by atoms with E-state index in [1.807, 2.05) is 36.4 Å². The third-order valence-corrected chi connectivity index (χ3v) is 10.1. The molecule has 0 atom stereocenters. The lowest BCUT2D eigenvalue weighted by Crippen LogP contribution is -2.27. The third-order valence-electron chi connectivity index (χ3n) is 10.1. The van der Waals surface area contributed by atoms with Gasteiger partial charge in [0.25, 0.3) is 0 Å². The highest BCUT2D eigenvalue weighted by molar-refractivity contribution is 5.52. The summed E-state index contributed by atoms with van der Waals surface area (Å²) in [5.74, 6) is 14.2. The minimum Gasteiger partial charge on any atom is -0.360 e. The number of aromatic nitrogens is 4. The van der Waals surface area contributed by atoms with Gasteiger partial charge < -0.3 is 19.9 Å². The smallest absolute Gasteiger partial charge is 0.108 e. The summed E-state index contributed by atoms with van der Waals surface area (Å²) in [7, 11) is 0. The lowest BCUT2D eigenvalue weighted by atomic mass is 9.83. The lowest BCUT2D eigenvalue weighted by molar-refractivity contribution is 0.574. The molecule has 6 heteroatoms. The zero-order chi connectivity index (χ0) is 37.6. The summed E-state index contributed by atoms with van der Waals surface area (Å²) in [4.78, 5) is 15.3. The number of fused-ring (bicyclic) bond motifs is 8. The summed E-state index contributed by atoms with van der Waals surface area (Å²) in [6.45, 7) is 16.3. The van der Waals surface area contributed by atoms with Crippen LogP contribution in [0.1, 0.15) is 112 Å². The van der Waals surface area contributed by atoms with Gasteiger partial charge in [-0.2, -0.15) is 10.5 Å². The highest BCUT2D eigenvalue weighted by Crippen LogP contribution is 2.41. The molecule has 0 aliphatic carbocycles. The summed E-state index contributed by atoms with van der Waals surface area (Å²) < 4.78 is 0. The number of nitrogens with one attached hydrogen (secondary N) is 4. The van der Waals surface area contributed by atoms with E-state index in [9.17, 15) is 0 Å². The van der Waals surface area contributed by atoms with Crippen LogP contribution >= 0.6 is 0 Å². The van der Waals surface area contributed by atoms with E-state index in [2.05, 4.69) is 158 Å². The highest BCUT2D eigenvalue weighted by atomic mass is 14.9. The molecule has 8 bridgehead atoms. The van der Waals surface area contributed by atoms with Gasteiger partial charge in [0.1, 0.15) is 10.8 Å². The van der Waals surface area contributed by atoms with Crippen molar-refractivity contribution in [2.45, 2.75) is 77.0 Å². The molecule has 260 valence electrons. The molecule has 6 aromatic rings. The maximum absolute atomic E-state index is 7.32. The molecule has 52 heavy (non-hydrogen) atoms. The van der Waals surface area contributed by atoms with Crippen LogP contribution in [0.15, 0.2) is 109 Å². The molecular weight excluding hydrogens is 637 g/mol. The summed E-state index contributed by atoms with van der Waals surface area (Å²) >= 11 is 0. The van der Waals surface area contributed by atoms with E-state index in [-0.39, 0.29) is 10.8 Å². The van der Waals surface area contributed by atoms with Crippen molar-refractivity contribution in [2.24, 2.45) is 0 Å². The molecule has 7 rings (SSSR count). The van der Waals surface area contributed by atoms with Crippen molar-refractivity contribution in [1.82, 2.24) is 19.9 Å². The van der Waals surface area contributed by atoms with Crippen molar-refractivity contribution >= 4 is 0 Å². The Morgan fingerprint density at radius 3 is 0.865 bits per heavy atom. The molecule has 5 heterocycles. The number of H-pyrrole nitrogens is 4. The average molecular weight is 683 g/mol. The van der Waals surface area contributed by atoms with Gasteiger partial charge in [0.05, 0.1) is 12.1 Å². The van der Waals surface area contributed by atoms with Gasteiger partial charge in [0, 0.05) is 81.4 Å². The molecule has 4 N–H and O–H groups in total. The molecule has 6 nitrogen and oxygen atoms in total. The standard InChI is InChI=1S/C42H40N4.2C2H3N/c1-39(2)31-17-21-35(43-31)41(5,27-25-29-13-9-7-10-14-29)37-23-19-33(45-37)40(3,4)34-20-24-38(46-34)42(6,36-22-18-32(39)44-36)28-26-30-15-11-8-12-16-30;2*1-2-3/h7-24,43-46H,1-6H3;2*1H3. The second-order valence-corrected chi connectivity index (χ2v) is 14.3.